The monoisotopic (exact) mass is 373 g/mol. The van der Waals surface area contributed by atoms with Gasteiger partial charge in [0.1, 0.15) is 11.6 Å². The Morgan fingerprint density at radius 2 is 1.67 bits per heavy atom. The summed E-state index contributed by atoms with van der Waals surface area (Å²) in [5.41, 5.74) is 4.77. The predicted octanol–water partition coefficient (Wildman–Crippen LogP) is 6.31. The Morgan fingerprint density at radius 3 is 2.44 bits per heavy atom. The lowest BCUT2D eigenvalue weighted by molar-refractivity contribution is 0.757. The number of rotatable bonds is 7. The van der Waals surface area contributed by atoms with E-state index >= 15 is 0 Å². The largest absolute Gasteiger partial charge is 0.365 e. The number of anilines is 1. The van der Waals surface area contributed by atoms with Crippen molar-refractivity contribution >= 4 is 27.4 Å². The third-order valence-corrected chi connectivity index (χ3v) is 5.54. The van der Waals surface area contributed by atoms with Crippen LogP contribution in [0, 0.1) is 0 Å². The number of nitrogens with one attached hydrogen (secondary N) is 1. The van der Waals surface area contributed by atoms with E-state index in [0.29, 0.717) is 0 Å². The first kappa shape index (κ1) is 17.7. The maximum atomic E-state index is 4.78. The highest BCUT2D eigenvalue weighted by Crippen LogP contribution is 2.27. The van der Waals surface area contributed by atoms with E-state index in [1.807, 2.05) is 6.07 Å². The van der Waals surface area contributed by atoms with Crippen LogP contribution in [-0.2, 0) is 13.0 Å². The molecule has 2 aromatic carbocycles. The lowest BCUT2D eigenvalue weighted by Crippen LogP contribution is -2.05. The SMILES string of the molecule is CCCCc1nc(NCc2ccc(-c3ccccc3)cc2)c2sccc2n1. The zero-order valence-corrected chi connectivity index (χ0v) is 16.3. The van der Waals surface area contributed by atoms with Crippen LogP contribution in [0.15, 0.2) is 66.0 Å². The maximum Gasteiger partial charge on any atom is 0.148 e. The highest BCUT2D eigenvalue weighted by molar-refractivity contribution is 7.17. The van der Waals surface area contributed by atoms with E-state index in [9.17, 15) is 0 Å². The number of fused-ring (bicyclic) bond motifs is 1. The molecule has 0 fully saturated rings. The Labute approximate surface area is 164 Å². The molecular weight excluding hydrogens is 350 g/mol. The predicted molar refractivity (Wildman–Crippen MR) is 115 cm³/mol. The number of thiophene rings is 1. The zero-order chi connectivity index (χ0) is 18.5. The average molecular weight is 374 g/mol. The molecule has 0 aliphatic carbocycles. The molecule has 0 aliphatic rings. The smallest absolute Gasteiger partial charge is 0.148 e. The fraction of sp³-hybridized carbons (Fsp3) is 0.217. The van der Waals surface area contributed by atoms with Crippen molar-refractivity contribution in [3.8, 4) is 11.1 Å². The van der Waals surface area contributed by atoms with Crippen molar-refractivity contribution in [2.24, 2.45) is 0 Å². The van der Waals surface area contributed by atoms with Gasteiger partial charge in [-0.2, -0.15) is 0 Å². The second kappa shape index (κ2) is 8.31. The van der Waals surface area contributed by atoms with Gasteiger partial charge in [0.05, 0.1) is 10.2 Å². The van der Waals surface area contributed by atoms with Crippen LogP contribution in [0.2, 0.25) is 0 Å². The maximum absolute atomic E-state index is 4.78. The Morgan fingerprint density at radius 1 is 0.889 bits per heavy atom. The number of aromatic nitrogens is 2. The first-order chi connectivity index (χ1) is 13.3. The Kier molecular flexibility index (Phi) is 5.45. The van der Waals surface area contributed by atoms with Gasteiger partial charge in [-0.1, -0.05) is 67.9 Å². The summed E-state index contributed by atoms with van der Waals surface area (Å²) in [5.74, 6) is 1.89. The van der Waals surface area contributed by atoms with Gasteiger partial charge in [0, 0.05) is 13.0 Å². The van der Waals surface area contributed by atoms with Gasteiger partial charge in [-0.3, -0.25) is 0 Å². The molecule has 27 heavy (non-hydrogen) atoms. The minimum absolute atomic E-state index is 0.756. The number of hydrogen-bond donors (Lipinski definition) is 1. The molecule has 0 radical (unpaired) electrons. The molecule has 0 unspecified atom stereocenters. The molecule has 2 aromatic heterocycles. The van der Waals surface area contributed by atoms with Gasteiger partial charge >= 0.3 is 0 Å². The molecule has 136 valence electrons. The summed E-state index contributed by atoms with van der Waals surface area (Å²) < 4.78 is 1.14. The second-order valence-corrected chi connectivity index (χ2v) is 7.56. The lowest BCUT2D eigenvalue weighted by atomic mass is 10.0. The van der Waals surface area contributed by atoms with E-state index in [1.54, 1.807) is 11.3 Å². The van der Waals surface area contributed by atoms with E-state index in [1.165, 1.54) is 16.7 Å². The number of aryl methyl sites for hydroxylation is 1. The van der Waals surface area contributed by atoms with Crippen LogP contribution in [0.4, 0.5) is 5.82 Å². The number of unbranched alkanes of at least 4 members (excludes halogenated alkanes) is 1. The van der Waals surface area contributed by atoms with Crippen molar-refractivity contribution in [1.29, 1.82) is 0 Å². The third kappa shape index (κ3) is 4.17. The van der Waals surface area contributed by atoms with Gasteiger partial charge in [-0.05, 0) is 34.6 Å². The van der Waals surface area contributed by atoms with Crippen LogP contribution in [0.3, 0.4) is 0 Å². The van der Waals surface area contributed by atoms with Gasteiger partial charge in [-0.15, -0.1) is 11.3 Å². The van der Waals surface area contributed by atoms with Crippen molar-refractivity contribution in [2.75, 3.05) is 5.32 Å². The van der Waals surface area contributed by atoms with Gasteiger partial charge in [0.15, 0.2) is 0 Å². The molecule has 4 aromatic rings. The molecule has 4 rings (SSSR count). The minimum atomic E-state index is 0.756. The van der Waals surface area contributed by atoms with Crippen LogP contribution in [-0.4, -0.2) is 9.97 Å². The fourth-order valence-electron chi connectivity index (χ4n) is 3.11. The first-order valence-electron chi connectivity index (χ1n) is 9.46. The highest BCUT2D eigenvalue weighted by atomic mass is 32.1. The molecule has 2 heterocycles. The molecular formula is C23H23N3S. The van der Waals surface area contributed by atoms with Crippen LogP contribution in [0.1, 0.15) is 31.2 Å². The summed E-state index contributed by atoms with van der Waals surface area (Å²) in [6.45, 7) is 2.95. The van der Waals surface area contributed by atoms with Crippen molar-refractivity contribution < 1.29 is 0 Å². The van der Waals surface area contributed by atoms with Crippen LogP contribution >= 0.6 is 11.3 Å². The van der Waals surface area contributed by atoms with E-state index in [0.717, 1.165) is 47.7 Å². The van der Waals surface area contributed by atoms with Gasteiger partial charge in [0.2, 0.25) is 0 Å². The first-order valence-corrected chi connectivity index (χ1v) is 10.3. The van der Waals surface area contributed by atoms with Crippen LogP contribution in [0.5, 0.6) is 0 Å². The molecule has 3 nitrogen and oxygen atoms in total. The summed E-state index contributed by atoms with van der Waals surface area (Å²) >= 11 is 1.69. The average Bonchev–Trinajstić information content (AvgIpc) is 3.20. The summed E-state index contributed by atoms with van der Waals surface area (Å²) in [6.07, 6.45) is 3.21. The summed E-state index contributed by atoms with van der Waals surface area (Å²) in [4.78, 5) is 9.47. The molecule has 0 saturated heterocycles. The molecule has 0 aliphatic heterocycles. The van der Waals surface area contributed by atoms with E-state index < -0.39 is 0 Å². The topological polar surface area (TPSA) is 37.8 Å². The van der Waals surface area contributed by atoms with Gasteiger partial charge in [0.25, 0.3) is 0 Å². The Balaban J connectivity index is 1.50. The van der Waals surface area contributed by atoms with E-state index in [4.69, 9.17) is 9.97 Å². The second-order valence-electron chi connectivity index (χ2n) is 6.64. The zero-order valence-electron chi connectivity index (χ0n) is 15.5. The number of hydrogen-bond acceptors (Lipinski definition) is 4. The van der Waals surface area contributed by atoms with Crippen LogP contribution in [0.25, 0.3) is 21.3 Å². The fourth-order valence-corrected chi connectivity index (χ4v) is 3.91. The van der Waals surface area contributed by atoms with Crippen molar-refractivity contribution in [1.82, 2.24) is 9.97 Å². The molecule has 1 N–H and O–H groups in total. The number of nitrogens with zero attached hydrogens (tertiary/aromatic N) is 2. The van der Waals surface area contributed by atoms with E-state index in [-0.39, 0.29) is 0 Å². The van der Waals surface area contributed by atoms with E-state index in [2.05, 4.69) is 72.2 Å². The summed E-state index contributed by atoms with van der Waals surface area (Å²) in [6, 6.07) is 21.3. The molecule has 0 amide bonds. The molecule has 0 bridgehead atoms. The standard InChI is InChI=1S/C23H23N3S/c1-2-3-9-21-25-20-14-15-27-22(20)23(26-21)24-16-17-10-12-19(13-11-17)18-7-5-4-6-8-18/h4-8,10-15H,2-3,9,16H2,1H3,(H,24,25,26). The lowest BCUT2D eigenvalue weighted by Gasteiger charge is -2.10. The van der Waals surface area contributed by atoms with Crippen molar-refractivity contribution in [3.63, 3.8) is 0 Å². The quantitative estimate of drug-likeness (QED) is 0.412. The molecule has 0 atom stereocenters. The Bertz CT molecular complexity index is 1010. The minimum Gasteiger partial charge on any atom is -0.365 e. The van der Waals surface area contributed by atoms with Crippen LogP contribution < -0.4 is 5.32 Å². The van der Waals surface area contributed by atoms with Gasteiger partial charge < -0.3 is 5.32 Å². The Hall–Kier alpha value is -2.72. The van der Waals surface area contributed by atoms with Crippen molar-refractivity contribution in [3.05, 3.63) is 77.4 Å². The molecule has 0 saturated carbocycles. The third-order valence-electron chi connectivity index (χ3n) is 4.62. The normalized spacial score (nSPS) is 11.0. The molecule has 0 spiro atoms. The summed E-state index contributed by atoms with van der Waals surface area (Å²) in [7, 11) is 0. The summed E-state index contributed by atoms with van der Waals surface area (Å²) in [5, 5.41) is 5.61. The number of benzene rings is 2. The molecule has 4 heteroatoms. The highest BCUT2D eigenvalue weighted by Gasteiger charge is 2.09. The van der Waals surface area contributed by atoms with Crippen molar-refractivity contribution in [2.45, 2.75) is 32.7 Å². The van der Waals surface area contributed by atoms with Gasteiger partial charge in [-0.25, -0.2) is 9.97 Å².